The third-order valence-corrected chi connectivity index (χ3v) is 3.23. The molecule has 90 valence electrons. The fraction of sp³-hybridized carbons (Fsp3) is 0.500. The van der Waals surface area contributed by atoms with Crippen LogP contribution in [0, 0.1) is 5.92 Å². The van der Waals surface area contributed by atoms with Gasteiger partial charge in [-0.25, -0.2) is 0 Å². The average molecular weight is 262 g/mol. The molecular formula is C12H17Cl2NO. The highest BCUT2D eigenvalue weighted by atomic mass is 35.5. The molecule has 0 aliphatic heterocycles. The molecule has 1 atom stereocenters. The van der Waals surface area contributed by atoms with E-state index in [-0.39, 0.29) is 12.5 Å². The van der Waals surface area contributed by atoms with E-state index < -0.39 is 0 Å². The summed E-state index contributed by atoms with van der Waals surface area (Å²) < 4.78 is 0. The van der Waals surface area contributed by atoms with Crippen molar-refractivity contribution < 1.29 is 5.11 Å². The van der Waals surface area contributed by atoms with Crippen molar-refractivity contribution in [2.45, 2.75) is 13.3 Å². The summed E-state index contributed by atoms with van der Waals surface area (Å²) in [4.78, 5) is 2.04. The molecule has 0 bridgehead atoms. The Morgan fingerprint density at radius 1 is 1.38 bits per heavy atom. The van der Waals surface area contributed by atoms with Gasteiger partial charge in [0, 0.05) is 25.2 Å². The summed E-state index contributed by atoms with van der Waals surface area (Å²) in [5.74, 6) is 0.275. The predicted molar refractivity (Wildman–Crippen MR) is 70.6 cm³/mol. The summed E-state index contributed by atoms with van der Waals surface area (Å²) in [6, 6.07) is 5.45. The minimum absolute atomic E-state index is 0.200. The van der Waals surface area contributed by atoms with Gasteiger partial charge in [0.15, 0.2) is 0 Å². The van der Waals surface area contributed by atoms with Crippen LogP contribution in [0.3, 0.4) is 0 Å². The lowest BCUT2D eigenvalue weighted by Gasteiger charge is -2.24. The zero-order valence-corrected chi connectivity index (χ0v) is 11.1. The molecule has 0 amide bonds. The largest absolute Gasteiger partial charge is 0.396 e. The standard InChI is InChI=1S/C12H17Cl2NO/c1-3-9(8-16)7-15(2)12-5-4-10(13)6-11(12)14/h4-6,9,16H,3,7-8H2,1-2H3. The molecule has 1 aromatic rings. The molecule has 0 heterocycles. The summed E-state index contributed by atoms with van der Waals surface area (Å²) >= 11 is 11.9. The van der Waals surface area contributed by atoms with Crippen molar-refractivity contribution in [1.29, 1.82) is 0 Å². The summed E-state index contributed by atoms with van der Waals surface area (Å²) in [5.41, 5.74) is 0.943. The Bertz CT molecular complexity index is 340. The molecule has 1 rings (SSSR count). The fourth-order valence-electron chi connectivity index (χ4n) is 1.59. The van der Waals surface area contributed by atoms with Gasteiger partial charge in [0.25, 0.3) is 0 Å². The molecule has 2 nitrogen and oxygen atoms in total. The maximum absolute atomic E-state index is 9.15. The number of anilines is 1. The van der Waals surface area contributed by atoms with E-state index in [0.29, 0.717) is 10.0 Å². The van der Waals surface area contributed by atoms with Crippen LogP contribution in [0.4, 0.5) is 5.69 Å². The van der Waals surface area contributed by atoms with Gasteiger partial charge >= 0.3 is 0 Å². The third kappa shape index (κ3) is 3.55. The third-order valence-electron chi connectivity index (χ3n) is 2.69. The van der Waals surface area contributed by atoms with Gasteiger partial charge in [-0.1, -0.05) is 30.1 Å². The predicted octanol–water partition coefficient (Wildman–Crippen LogP) is 3.45. The van der Waals surface area contributed by atoms with Gasteiger partial charge in [-0.2, -0.15) is 0 Å². The highest BCUT2D eigenvalue weighted by molar-refractivity contribution is 6.36. The van der Waals surface area contributed by atoms with Gasteiger partial charge in [0.1, 0.15) is 0 Å². The quantitative estimate of drug-likeness (QED) is 0.878. The lowest BCUT2D eigenvalue weighted by Crippen LogP contribution is -2.27. The number of hydrogen-bond donors (Lipinski definition) is 1. The number of rotatable bonds is 5. The Morgan fingerprint density at radius 3 is 2.56 bits per heavy atom. The Hall–Kier alpha value is -0.440. The van der Waals surface area contributed by atoms with Crippen LogP contribution >= 0.6 is 23.2 Å². The van der Waals surface area contributed by atoms with Crippen molar-refractivity contribution in [3.63, 3.8) is 0 Å². The molecule has 0 spiro atoms. The van der Waals surface area contributed by atoms with Crippen molar-refractivity contribution in [3.8, 4) is 0 Å². The Balaban J connectivity index is 2.76. The fourth-order valence-corrected chi connectivity index (χ4v) is 2.15. The van der Waals surface area contributed by atoms with Crippen LogP contribution in [0.5, 0.6) is 0 Å². The SMILES string of the molecule is CCC(CO)CN(C)c1ccc(Cl)cc1Cl. The zero-order chi connectivity index (χ0) is 12.1. The second-order valence-corrected chi connectivity index (χ2v) is 4.78. The van der Waals surface area contributed by atoms with Gasteiger partial charge in [-0.05, 0) is 30.5 Å². The molecule has 0 fully saturated rings. The summed E-state index contributed by atoms with van der Waals surface area (Å²) in [7, 11) is 1.97. The van der Waals surface area contributed by atoms with E-state index in [4.69, 9.17) is 28.3 Å². The van der Waals surface area contributed by atoms with E-state index in [2.05, 4.69) is 6.92 Å². The average Bonchev–Trinajstić information content (AvgIpc) is 2.25. The second kappa shape index (κ2) is 6.33. The maximum Gasteiger partial charge on any atom is 0.0654 e. The molecule has 0 saturated heterocycles. The molecule has 1 aromatic carbocycles. The molecule has 16 heavy (non-hydrogen) atoms. The van der Waals surface area contributed by atoms with Gasteiger partial charge in [-0.15, -0.1) is 0 Å². The highest BCUT2D eigenvalue weighted by Crippen LogP contribution is 2.28. The number of aliphatic hydroxyl groups excluding tert-OH is 1. The molecule has 0 aromatic heterocycles. The van der Waals surface area contributed by atoms with Crippen LogP contribution in [0.15, 0.2) is 18.2 Å². The monoisotopic (exact) mass is 261 g/mol. The minimum Gasteiger partial charge on any atom is -0.396 e. The van der Waals surface area contributed by atoms with Gasteiger partial charge < -0.3 is 10.0 Å². The number of benzene rings is 1. The first kappa shape index (κ1) is 13.6. The van der Waals surface area contributed by atoms with Crippen LogP contribution in [0.1, 0.15) is 13.3 Å². The number of aliphatic hydroxyl groups is 1. The first-order chi connectivity index (χ1) is 7.58. The van der Waals surface area contributed by atoms with Gasteiger partial charge in [0.2, 0.25) is 0 Å². The van der Waals surface area contributed by atoms with Crippen molar-refractivity contribution in [1.82, 2.24) is 0 Å². The van der Waals surface area contributed by atoms with Crippen LogP contribution in [-0.2, 0) is 0 Å². The Labute approximate surface area is 107 Å². The molecule has 0 aliphatic rings. The zero-order valence-electron chi connectivity index (χ0n) is 9.58. The second-order valence-electron chi connectivity index (χ2n) is 3.93. The van der Waals surface area contributed by atoms with Crippen molar-refractivity contribution in [2.75, 3.05) is 25.1 Å². The molecule has 0 aliphatic carbocycles. The summed E-state index contributed by atoms with van der Waals surface area (Å²) in [6.45, 7) is 3.05. The van der Waals surface area contributed by atoms with Crippen molar-refractivity contribution in [2.24, 2.45) is 5.92 Å². The lowest BCUT2D eigenvalue weighted by molar-refractivity contribution is 0.225. The van der Waals surface area contributed by atoms with Crippen molar-refractivity contribution >= 4 is 28.9 Å². The molecular weight excluding hydrogens is 245 g/mol. The topological polar surface area (TPSA) is 23.5 Å². The number of halogens is 2. The highest BCUT2D eigenvalue weighted by Gasteiger charge is 2.11. The van der Waals surface area contributed by atoms with E-state index >= 15 is 0 Å². The summed E-state index contributed by atoms with van der Waals surface area (Å²) in [6.07, 6.45) is 0.950. The normalized spacial score (nSPS) is 12.6. The summed E-state index contributed by atoms with van der Waals surface area (Å²) in [5, 5.41) is 10.4. The first-order valence-electron chi connectivity index (χ1n) is 5.35. The van der Waals surface area contributed by atoms with E-state index in [0.717, 1.165) is 18.7 Å². The van der Waals surface area contributed by atoms with Crippen LogP contribution < -0.4 is 4.90 Å². The van der Waals surface area contributed by atoms with Gasteiger partial charge in [0.05, 0.1) is 10.7 Å². The van der Waals surface area contributed by atoms with E-state index in [1.165, 1.54) is 0 Å². The van der Waals surface area contributed by atoms with E-state index in [9.17, 15) is 0 Å². The van der Waals surface area contributed by atoms with Crippen LogP contribution in [0.25, 0.3) is 0 Å². The molecule has 0 radical (unpaired) electrons. The van der Waals surface area contributed by atoms with E-state index in [1.807, 2.05) is 24.1 Å². The number of nitrogens with zero attached hydrogens (tertiary/aromatic N) is 1. The van der Waals surface area contributed by atoms with Gasteiger partial charge in [-0.3, -0.25) is 0 Å². The molecule has 4 heteroatoms. The molecule has 1 N–H and O–H groups in total. The molecule has 0 saturated carbocycles. The Kier molecular flexibility index (Phi) is 5.39. The van der Waals surface area contributed by atoms with E-state index in [1.54, 1.807) is 6.07 Å². The van der Waals surface area contributed by atoms with Crippen LogP contribution in [-0.4, -0.2) is 25.3 Å². The smallest absolute Gasteiger partial charge is 0.0654 e. The maximum atomic E-state index is 9.15. The first-order valence-corrected chi connectivity index (χ1v) is 6.11. The minimum atomic E-state index is 0.200. The van der Waals surface area contributed by atoms with Crippen LogP contribution in [0.2, 0.25) is 10.0 Å². The lowest BCUT2D eigenvalue weighted by atomic mass is 10.1. The number of hydrogen-bond acceptors (Lipinski definition) is 2. The molecule has 1 unspecified atom stereocenters. The van der Waals surface area contributed by atoms with Crippen molar-refractivity contribution in [3.05, 3.63) is 28.2 Å². The Morgan fingerprint density at radius 2 is 2.06 bits per heavy atom.